The van der Waals surface area contributed by atoms with E-state index in [4.69, 9.17) is 5.26 Å². The molecule has 2 N–H and O–H groups in total. The summed E-state index contributed by atoms with van der Waals surface area (Å²) in [5, 5.41) is 21.6. The normalized spacial score (nSPS) is 22.4. The van der Waals surface area contributed by atoms with E-state index in [1.165, 1.54) is 24.8 Å². The molecule has 0 heterocycles. The molecule has 1 aromatic carbocycles. The van der Waals surface area contributed by atoms with Crippen LogP contribution in [0.1, 0.15) is 36.0 Å². The number of benzene rings is 1. The number of aryl methyl sites for hydroxylation is 1. The minimum Gasteiger partial charge on any atom is -0.396 e. The van der Waals surface area contributed by atoms with Crippen molar-refractivity contribution in [2.24, 2.45) is 11.8 Å². The fourth-order valence-electron chi connectivity index (χ4n) is 2.98. The molecule has 2 unspecified atom stereocenters. The summed E-state index contributed by atoms with van der Waals surface area (Å²) in [4.78, 5) is 0. The highest BCUT2D eigenvalue weighted by Crippen LogP contribution is 2.30. The van der Waals surface area contributed by atoms with E-state index in [1.54, 1.807) is 0 Å². The van der Waals surface area contributed by atoms with E-state index >= 15 is 0 Å². The molecule has 3 heteroatoms. The summed E-state index contributed by atoms with van der Waals surface area (Å²) in [5.74, 6) is 1.10. The Morgan fingerprint density at radius 1 is 1.37 bits per heavy atom. The van der Waals surface area contributed by atoms with Crippen molar-refractivity contribution in [2.75, 3.05) is 13.2 Å². The summed E-state index contributed by atoms with van der Waals surface area (Å²) in [6.45, 7) is 4.18. The third-order valence-electron chi connectivity index (χ3n) is 4.24. The first-order valence-electron chi connectivity index (χ1n) is 7.05. The SMILES string of the molecule is Cc1cc(C#N)ccc1CNCC1CCCC1CO. The van der Waals surface area contributed by atoms with E-state index in [9.17, 15) is 5.11 Å². The lowest BCUT2D eigenvalue weighted by molar-refractivity contribution is 0.192. The van der Waals surface area contributed by atoms with E-state index in [0.717, 1.165) is 24.2 Å². The van der Waals surface area contributed by atoms with Gasteiger partial charge in [-0.25, -0.2) is 0 Å². The predicted molar refractivity (Wildman–Crippen MR) is 75.5 cm³/mol. The monoisotopic (exact) mass is 258 g/mol. The Labute approximate surface area is 115 Å². The average molecular weight is 258 g/mol. The summed E-state index contributed by atoms with van der Waals surface area (Å²) in [7, 11) is 0. The lowest BCUT2D eigenvalue weighted by Gasteiger charge is -2.18. The summed E-state index contributed by atoms with van der Waals surface area (Å²) in [6.07, 6.45) is 3.64. The maximum atomic E-state index is 9.30. The van der Waals surface area contributed by atoms with Crippen molar-refractivity contribution in [3.63, 3.8) is 0 Å². The van der Waals surface area contributed by atoms with Gasteiger partial charge >= 0.3 is 0 Å². The Hall–Kier alpha value is -1.37. The molecule has 1 aromatic rings. The van der Waals surface area contributed by atoms with Gasteiger partial charge < -0.3 is 10.4 Å². The van der Waals surface area contributed by atoms with Crippen LogP contribution in [0.25, 0.3) is 0 Å². The van der Waals surface area contributed by atoms with Crippen molar-refractivity contribution < 1.29 is 5.11 Å². The molecule has 0 aliphatic heterocycles. The Bertz CT molecular complexity index is 464. The number of hydrogen-bond acceptors (Lipinski definition) is 3. The number of hydrogen-bond donors (Lipinski definition) is 2. The molecular formula is C16H22N2O. The molecule has 102 valence electrons. The summed E-state index contributed by atoms with van der Waals surface area (Å²) in [5.41, 5.74) is 3.13. The van der Waals surface area contributed by atoms with Gasteiger partial charge in [0.25, 0.3) is 0 Å². The van der Waals surface area contributed by atoms with Gasteiger partial charge in [-0.05, 0) is 61.4 Å². The predicted octanol–water partition coefficient (Wildman–Crippen LogP) is 2.36. The van der Waals surface area contributed by atoms with Crippen LogP contribution in [0.15, 0.2) is 18.2 Å². The fraction of sp³-hybridized carbons (Fsp3) is 0.562. The van der Waals surface area contributed by atoms with Crippen LogP contribution in [0.5, 0.6) is 0 Å². The van der Waals surface area contributed by atoms with Crippen molar-refractivity contribution >= 4 is 0 Å². The van der Waals surface area contributed by atoms with E-state index in [-0.39, 0.29) is 0 Å². The molecule has 0 amide bonds. The standard InChI is InChI=1S/C16H22N2O/c1-12-7-13(8-17)5-6-14(12)9-18-10-15-3-2-4-16(15)11-19/h5-7,15-16,18-19H,2-4,9-11H2,1H3. The molecule has 0 saturated heterocycles. The molecule has 1 aliphatic rings. The lowest BCUT2D eigenvalue weighted by atomic mass is 9.97. The molecule has 2 rings (SSSR count). The molecule has 2 atom stereocenters. The Morgan fingerprint density at radius 2 is 2.16 bits per heavy atom. The molecule has 1 saturated carbocycles. The molecular weight excluding hydrogens is 236 g/mol. The molecule has 3 nitrogen and oxygen atoms in total. The van der Waals surface area contributed by atoms with Crippen molar-refractivity contribution in [1.82, 2.24) is 5.32 Å². The highest BCUT2D eigenvalue weighted by molar-refractivity contribution is 5.37. The first-order chi connectivity index (χ1) is 9.24. The van der Waals surface area contributed by atoms with E-state index in [2.05, 4.69) is 11.4 Å². The third kappa shape index (κ3) is 3.56. The quantitative estimate of drug-likeness (QED) is 0.852. The first kappa shape index (κ1) is 14.0. The second-order valence-electron chi connectivity index (χ2n) is 5.52. The van der Waals surface area contributed by atoms with Crippen molar-refractivity contribution in [3.8, 4) is 6.07 Å². The Morgan fingerprint density at radius 3 is 2.84 bits per heavy atom. The number of nitriles is 1. The van der Waals surface area contributed by atoms with Crippen LogP contribution in [-0.2, 0) is 6.54 Å². The zero-order chi connectivity index (χ0) is 13.7. The molecule has 0 aromatic heterocycles. The highest BCUT2D eigenvalue weighted by Gasteiger charge is 2.25. The minimum absolute atomic E-state index is 0.322. The molecule has 0 radical (unpaired) electrons. The van der Waals surface area contributed by atoms with E-state index < -0.39 is 0 Å². The van der Waals surface area contributed by atoms with Gasteiger partial charge in [0.15, 0.2) is 0 Å². The number of nitrogens with zero attached hydrogens (tertiary/aromatic N) is 1. The van der Waals surface area contributed by atoms with Crippen LogP contribution in [0.2, 0.25) is 0 Å². The van der Waals surface area contributed by atoms with Crippen LogP contribution < -0.4 is 5.32 Å². The number of aliphatic hydroxyl groups excluding tert-OH is 1. The number of nitrogens with one attached hydrogen (secondary N) is 1. The third-order valence-corrected chi connectivity index (χ3v) is 4.24. The smallest absolute Gasteiger partial charge is 0.0991 e. The van der Waals surface area contributed by atoms with Crippen LogP contribution in [0, 0.1) is 30.1 Å². The average Bonchev–Trinajstić information content (AvgIpc) is 2.88. The summed E-state index contributed by atoms with van der Waals surface area (Å²) >= 11 is 0. The Balaban J connectivity index is 1.84. The molecule has 1 aliphatic carbocycles. The maximum Gasteiger partial charge on any atom is 0.0991 e. The topological polar surface area (TPSA) is 56.0 Å². The van der Waals surface area contributed by atoms with Crippen LogP contribution >= 0.6 is 0 Å². The molecule has 0 spiro atoms. The van der Waals surface area contributed by atoms with Crippen LogP contribution in [-0.4, -0.2) is 18.3 Å². The van der Waals surface area contributed by atoms with Gasteiger partial charge in [0.2, 0.25) is 0 Å². The van der Waals surface area contributed by atoms with Crippen molar-refractivity contribution in [3.05, 3.63) is 34.9 Å². The molecule has 0 bridgehead atoms. The van der Waals surface area contributed by atoms with Gasteiger partial charge in [0.05, 0.1) is 11.6 Å². The summed E-state index contributed by atoms with van der Waals surface area (Å²) < 4.78 is 0. The number of rotatable bonds is 5. The van der Waals surface area contributed by atoms with Crippen LogP contribution in [0.3, 0.4) is 0 Å². The molecule has 1 fully saturated rings. The first-order valence-corrected chi connectivity index (χ1v) is 7.05. The van der Waals surface area contributed by atoms with E-state index in [1.807, 2.05) is 25.1 Å². The maximum absolute atomic E-state index is 9.30. The van der Waals surface area contributed by atoms with Gasteiger partial charge in [-0.2, -0.15) is 5.26 Å². The summed E-state index contributed by atoms with van der Waals surface area (Å²) in [6, 6.07) is 7.99. The van der Waals surface area contributed by atoms with Crippen molar-refractivity contribution in [1.29, 1.82) is 5.26 Å². The van der Waals surface area contributed by atoms with E-state index in [0.29, 0.717) is 18.4 Å². The second kappa shape index (κ2) is 6.70. The number of aliphatic hydroxyl groups is 1. The largest absolute Gasteiger partial charge is 0.396 e. The van der Waals surface area contributed by atoms with Gasteiger partial charge in [0, 0.05) is 13.2 Å². The lowest BCUT2D eigenvalue weighted by Crippen LogP contribution is -2.26. The Kier molecular flexibility index (Phi) is 4.95. The van der Waals surface area contributed by atoms with Gasteiger partial charge in [0.1, 0.15) is 0 Å². The highest BCUT2D eigenvalue weighted by atomic mass is 16.3. The van der Waals surface area contributed by atoms with Gasteiger partial charge in [-0.3, -0.25) is 0 Å². The molecule has 19 heavy (non-hydrogen) atoms. The zero-order valence-corrected chi connectivity index (χ0v) is 11.5. The van der Waals surface area contributed by atoms with Crippen LogP contribution in [0.4, 0.5) is 0 Å². The van der Waals surface area contributed by atoms with Crippen molar-refractivity contribution in [2.45, 2.75) is 32.7 Å². The zero-order valence-electron chi connectivity index (χ0n) is 11.5. The van der Waals surface area contributed by atoms with Gasteiger partial charge in [-0.1, -0.05) is 12.5 Å². The van der Waals surface area contributed by atoms with Gasteiger partial charge in [-0.15, -0.1) is 0 Å². The second-order valence-corrected chi connectivity index (χ2v) is 5.52. The minimum atomic E-state index is 0.322. The fourth-order valence-corrected chi connectivity index (χ4v) is 2.98.